The highest BCUT2D eigenvalue weighted by Crippen LogP contribution is 2.35. The number of ether oxygens (including phenoxy) is 6. The summed E-state index contributed by atoms with van der Waals surface area (Å²) >= 11 is 6.19. The first-order chi connectivity index (χ1) is 45.5. The monoisotopic (exact) mass is 1300 g/mol. The third kappa shape index (κ3) is 20.8. The Morgan fingerprint density at radius 3 is 1.37 bits per heavy atom. The van der Waals surface area contributed by atoms with E-state index in [2.05, 4.69) is 98.2 Å². The zero-order chi connectivity index (χ0) is 67.4. The number of nitrogen functional groups attached to an aromatic ring is 4. The lowest BCUT2D eigenvalue weighted by molar-refractivity contribution is 0.0341. The molecule has 1 aliphatic rings. The fourth-order valence-electron chi connectivity index (χ4n) is 8.38. The van der Waals surface area contributed by atoms with Gasteiger partial charge in [-0.3, -0.25) is 4.90 Å². The molecular weight excluding hydrogens is 1230 g/mol. The summed E-state index contributed by atoms with van der Waals surface area (Å²) in [6.07, 6.45) is 11.0. The van der Waals surface area contributed by atoms with Gasteiger partial charge >= 0.3 is 0 Å². The van der Waals surface area contributed by atoms with Crippen LogP contribution in [0, 0.1) is 34.6 Å². The van der Waals surface area contributed by atoms with Gasteiger partial charge in [0.05, 0.1) is 50.2 Å². The standard InChI is InChI=1S/C19H25N5O3.C18H17N5O2.C14H15ClN4O2.C14H16N4O3/c1-13-9-17(14(2)8-15(13)11-24-4-6-26-7-5-24)27-19-16(10-23-25-3)18(20)21-12-22-19;1-24-22-11-16-17(19)20-12-21-18(16)25-15-9-7-14(8-10-15)23-13-5-3-2-4-6-13;1-8-4-11(15)12(5-9(8)2)21-14-10(6-19-20-3)13(16)17-7-18-14;1-9-4-10(19-2)6-11(5-9)21-14-12(7-18-20-3)13(15)16-8-17-14/h8-10,12H,4-7,11H2,1-3H3,(H2,20,21,22);2-12,23H,1H3,(H2,19,20,21);4-7H,1-3H3,(H2,16,17,18);4-8H,1-3H3,(H2,15,16,17)/b23-10+;22-11+;19-6+;18-7+. The van der Waals surface area contributed by atoms with E-state index in [1.165, 1.54) is 84.2 Å². The van der Waals surface area contributed by atoms with Crippen LogP contribution in [0.3, 0.4) is 0 Å². The molecule has 9 aromatic rings. The minimum atomic E-state index is 0.237. The summed E-state index contributed by atoms with van der Waals surface area (Å²) in [7, 11) is 7.35. The Bertz CT molecular complexity index is 4050. The Balaban J connectivity index is 0.000000178. The van der Waals surface area contributed by atoms with Crippen molar-refractivity contribution >= 4 is 71.1 Å². The number of hydrogen-bond acceptors (Lipinski definition) is 28. The summed E-state index contributed by atoms with van der Waals surface area (Å²) < 4.78 is 33.9. The van der Waals surface area contributed by atoms with Crippen molar-refractivity contribution in [1.29, 1.82) is 0 Å². The highest BCUT2D eigenvalue weighted by Gasteiger charge is 2.18. The van der Waals surface area contributed by atoms with Crippen LogP contribution in [0.15, 0.2) is 143 Å². The second kappa shape index (κ2) is 35.8. The van der Waals surface area contributed by atoms with Gasteiger partial charge in [-0.1, -0.05) is 56.5 Å². The van der Waals surface area contributed by atoms with Crippen molar-refractivity contribution in [2.24, 2.45) is 20.6 Å². The number of nitrogens with zero attached hydrogens (tertiary/aromatic N) is 13. The van der Waals surface area contributed by atoms with Crippen molar-refractivity contribution < 1.29 is 47.8 Å². The SMILES string of the molecule is CO/N=C/c1c(N)ncnc1Oc1cc(C)c(C)cc1Cl.CO/N=C/c1c(N)ncnc1Oc1cc(C)c(CN2CCOCC2)cc1C.CO/N=C/c1c(N)ncnc1Oc1cc(C)cc(OC)c1.CO/N=C/c1c(N)ncnc1Oc1ccc(Nc2ccccc2)cc1. The number of oxime groups is 4. The molecule has 10 rings (SSSR count). The van der Waals surface area contributed by atoms with Crippen LogP contribution in [0.5, 0.6) is 52.3 Å². The largest absolute Gasteiger partial charge is 0.497 e. The predicted octanol–water partition coefficient (Wildman–Crippen LogP) is 11.1. The molecule has 5 aromatic carbocycles. The molecule has 0 spiro atoms. The first-order valence-corrected chi connectivity index (χ1v) is 29.0. The number of morpholine rings is 1. The maximum Gasteiger partial charge on any atom is 0.233 e. The molecule has 1 fully saturated rings. The van der Waals surface area contributed by atoms with Crippen LogP contribution in [-0.4, -0.2) is 131 Å². The van der Waals surface area contributed by atoms with E-state index in [-0.39, 0.29) is 35.0 Å². The highest BCUT2D eigenvalue weighted by atomic mass is 35.5. The number of nitrogens with one attached hydrogen (secondary N) is 1. The van der Waals surface area contributed by atoms with Gasteiger partial charge in [0, 0.05) is 37.1 Å². The van der Waals surface area contributed by atoms with Crippen LogP contribution < -0.4 is 51.9 Å². The number of methoxy groups -OCH3 is 1. The number of hydrogen-bond donors (Lipinski definition) is 5. The van der Waals surface area contributed by atoms with Crippen LogP contribution >= 0.6 is 11.6 Å². The zero-order valence-electron chi connectivity index (χ0n) is 53.5. The Morgan fingerprint density at radius 2 is 0.894 bits per heavy atom. The van der Waals surface area contributed by atoms with Crippen molar-refractivity contribution in [1.82, 2.24) is 44.8 Å². The van der Waals surface area contributed by atoms with Crippen molar-refractivity contribution in [2.75, 3.05) is 90.1 Å². The van der Waals surface area contributed by atoms with E-state index in [1.54, 1.807) is 13.2 Å². The molecule has 28 nitrogen and oxygen atoms in total. The number of nitrogens with two attached hydrogens (primary N) is 4. The van der Waals surface area contributed by atoms with E-state index in [1.807, 2.05) is 113 Å². The van der Waals surface area contributed by atoms with E-state index in [4.69, 9.17) is 67.8 Å². The Kier molecular flexibility index (Phi) is 26.6. The van der Waals surface area contributed by atoms with Gasteiger partial charge in [-0.25, -0.2) is 39.9 Å². The average Bonchev–Trinajstić information content (AvgIpc) is 0.877. The smallest absolute Gasteiger partial charge is 0.233 e. The summed E-state index contributed by atoms with van der Waals surface area (Å²) in [5.41, 5.74) is 33.7. The normalized spacial score (nSPS) is 12.0. The first kappa shape index (κ1) is 70.0. The molecule has 0 amide bonds. The van der Waals surface area contributed by atoms with Gasteiger partial charge in [0.1, 0.15) is 128 Å². The minimum Gasteiger partial charge on any atom is -0.497 e. The zero-order valence-corrected chi connectivity index (χ0v) is 54.2. The number of aryl methyl sites for hydroxylation is 5. The second-order valence-electron chi connectivity index (χ2n) is 20.0. The molecule has 0 radical (unpaired) electrons. The molecule has 0 atom stereocenters. The first-order valence-electron chi connectivity index (χ1n) is 28.6. The molecule has 29 heteroatoms. The molecule has 9 N–H and O–H groups in total. The van der Waals surface area contributed by atoms with Gasteiger partial charge in [0.15, 0.2) is 0 Å². The van der Waals surface area contributed by atoms with Crippen LogP contribution in [0.4, 0.5) is 34.6 Å². The molecule has 1 aliphatic heterocycles. The van der Waals surface area contributed by atoms with Crippen molar-refractivity contribution in [3.63, 3.8) is 0 Å². The summed E-state index contributed by atoms with van der Waals surface area (Å²) in [4.78, 5) is 53.2. The number of anilines is 6. The quantitative estimate of drug-likeness (QED) is 0.0329. The Morgan fingerprint density at radius 1 is 0.468 bits per heavy atom. The van der Waals surface area contributed by atoms with E-state index in [0.717, 1.165) is 77.8 Å². The summed E-state index contributed by atoms with van der Waals surface area (Å²) in [5, 5.41) is 18.6. The molecule has 0 aliphatic carbocycles. The topological polar surface area (TPSA) is 364 Å². The van der Waals surface area contributed by atoms with Gasteiger partial charge in [0.25, 0.3) is 0 Å². The molecule has 4 aromatic heterocycles. The summed E-state index contributed by atoms with van der Waals surface area (Å²) in [6, 6.07) is 30.8. The molecular formula is C65H73ClN18O10. The third-order valence-electron chi connectivity index (χ3n) is 13.4. The molecule has 1 saturated heterocycles. The van der Waals surface area contributed by atoms with E-state index in [9.17, 15) is 0 Å². The van der Waals surface area contributed by atoms with Gasteiger partial charge in [0.2, 0.25) is 23.5 Å². The van der Waals surface area contributed by atoms with Crippen LogP contribution in [0.25, 0.3) is 0 Å². The molecule has 490 valence electrons. The van der Waals surface area contributed by atoms with Crippen molar-refractivity contribution in [3.8, 4) is 52.3 Å². The minimum absolute atomic E-state index is 0.237. The summed E-state index contributed by atoms with van der Waals surface area (Å²) in [5.74, 6) is 5.31. The molecule has 5 heterocycles. The number of rotatable bonds is 21. The maximum atomic E-state index is 6.19. The maximum absolute atomic E-state index is 6.19. The highest BCUT2D eigenvalue weighted by molar-refractivity contribution is 6.32. The van der Waals surface area contributed by atoms with E-state index in [0.29, 0.717) is 62.0 Å². The number of para-hydroxylation sites is 1. The molecule has 0 bridgehead atoms. The van der Waals surface area contributed by atoms with E-state index < -0.39 is 0 Å². The predicted molar refractivity (Wildman–Crippen MR) is 361 cm³/mol. The number of aromatic nitrogens is 8. The van der Waals surface area contributed by atoms with Gasteiger partial charge in [-0.05, 0) is 135 Å². The second-order valence-corrected chi connectivity index (χ2v) is 20.4. The van der Waals surface area contributed by atoms with Crippen molar-refractivity contribution in [3.05, 3.63) is 183 Å². The molecule has 94 heavy (non-hydrogen) atoms. The molecule has 0 saturated carbocycles. The Hall–Kier alpha value is -11.5. The van der Waals surface area contributed by atoms with Gasteiger partial charge in [-0.15, -0.1) is 0 Å². The van der Waals surface area contributed by atoms with E-state index >= 15 is 0 Å². The third-order valence-corrected chi connectivity index (χ3v) is 13.7. The lowest BCUT2D eigenvalue weighted by atomic mass is 10.0. The lowest BCUT2D eigenvalue weighted by Crippen LogP contribution is -2.35. The average molecular weight is 1300 g/mol. The number of benzene rings is 5. The van der Waals surface area contributed by atoms with Gasteiger partial charge in [-0.2, -0.15) is 0 Å². The van der Waals surface area contributed by atoms with Gasteiger partial charge < -0.3 is 76.0 Å². The lowest BCUT2D eigenvalue weighted by Gasteiger charge is -2.27. The van der Waals surface area contributed by atoms with Crippen molar-refractivity contribution in [2.45, 2.75) is 41.2 Å². The molecule has 0 unspecified atom stereocenters. The fraction of sp³-hybridized carbons (Fsp3) is 0.231. The van der Waals surface area contributed by atoms with Crippen LogP contribution in [0.1, 0.15) is 55.6 Å². The van der Waals surface area contributed by atoms with Crippen LogP contribution in [-0.2, 0) is 30.6 Å². The Labute approximate surface area is 548 Å². The van der Waals surface area contributed by atoms with Crippen LogP contribution in [0.2, 0.25) is 5.02 Å². The fourth-order valence-corrected chi connectivity index (χ4v) is 8.64. The summed E-state index contributed by atoms with van der Waals surface area (Å²) in [6.45, 7) is 14.4. The number of halogens is 1.